The lowest BCUT2D eigenvalue weighted by Gasteiger charge is -2.32. The minimum atomic E-state index is -0.498. The predicted molar refractivity (Wildman–Crippen MR) is 92.3 cm³/mol. The van der Waals surface area contributed by atoms with Crippen LogP contribution in [0.15, 0.2) is 36.4 Å². The van der Waals surface area contributed by atoms with Crippen molar-refractivity contribution in [3.8, 4) is 5.88 Å². The number of carbonyl (C=O) groups excluding carboxylic acids is 1. The van der Waals surface area contributed by atoms with E-state index in [0.29, 0.717) is 12.5 Å². The molecule has 132 valence electrons. The monoisotopic (exact) mass is 344 g/mol. The van der Waals surface area contributed by atoms with Gasteiger partial charge in [-0.2, -0.15) is 0 Å². The molecular weight excluding hydrogens is 323 g/mol. The summed E-state index contributed by atoms with van der Waals surface area (Å²) in [5.41, 5.74) is 0.0855. The highest BCUT2D eigenvalue weighted by Crippen LogP contribution is 2.19. The van der Waals surface area contributed by atoms with Crippen molar-refractivity contribution in [2.24, 2.45) is 0 Å². The highest BCUT2D eigenvalue weighted by Gasteiger charge is 2.23. The first-order valence-electron chi connectivity index (χ1n) is 8.44. The number of rotatable bonds is 5. The van der Waals surface area contributed by atoms with E-state index in [2.05, 4.69) is 20.4 Å². The van der Waals surface area contributed by atoms with Crippen LogP contribution in [0.2, 0.25) is 0 Å². The lowest BCUT2D eigenvalue weighted by Crippen LogP contribution is -2.45. The van der Waals surface area contributed by atoms with Crippen LogP contribution in [-0.2, 0) is 0 Å². The summed E-state index contributed by atoms with van der Waals surface area (Å²) in [6.45, 7) is 3.97. The maximum atomic E-state index is 13.7. The van der Waals surface area contributed by atoms with Crippen molar-refractivity contribution < 1.29 is 13.9 Å². The van der Waals surface area contributed by atoms with Gasteiger partial charge in [0.15, 0.2) is 5.82 Å². The molecule has 1 aliphatic heterocycles. The molecule has 7 heteroatoms. The van der Waals surface area contributed by atoms with Gasteiger partial charge in [-0.3, -0.25) is 4.79 Å². The summed E-state index contributed by atoms with van der Waals surface area (Å²) in [7, 11) is 0. The van der Waals surface area contributed by atoms with E-state index in [-0.39, 0.29) is 17.5 Å². The van der Waals surface area contributed by atoms with Gasteiger partial charge in [0.2, 0.25) is 5.88 Å². The van der Waals surface area contributed by atoms with Gasteiger partial charge in [0, 0.05) is 25.2 Å². The molecule has 0 atom stereocenters. The number of amides is 1. The highest BCUT2D eigenvalue weighted by molar-refractivity contribution is 5.94. The van der Waals surface area contributed by atoms with E-state index in [4.69, 9.17) is 4.74 Å². The van der Waals surface area contributed by atoms with Gasteiger partial charge in [-0.05, 0) is 38.0 Å². The number of piperidine rings is 1. The maximum Gasteiger partial charge on any atom is 0.254 e. The van der Waals surface area contributed by atoms with Crippen molar-refractivity contribution in [1.82, 2.24) is 15.5 Å². The van der Waals surface area contributed by atoms with Crippen LogP contribution in [0.5, 0.6) is 5.88 Å². The Kier molecular flexibility index (Phi) is 5.42. The number of benzene rings is 1. The molecule has 1 saturated heterocycles. The molecule has 1 aromatic carbocycles. The second-order valence-electron chi connectivity index (χ2n) is 5.88. The Labute approximate surface area is 146 Å². The Morgan fingerprint density at radius 3 is 2.64 bits per heavy atom. The average molecular weight is 344 g/mol. The number of nitrogens with one attached hydrogen (secondary N) is 1. The standard InChI is InChI=1S/C18H21FN4O2/c1-2-25-17-8-7-16(21-22-17)23-11-9-13(10-12-23)20-18(24)14-5-3-4-6-15(14)19/h3-8,13H,2,9-12H2,1H3,(H,20,24). The van der Waals surface area contributed by atoms with Gasteiger partial charge in [-0.1, -0.05) is 12.1 Å². The molecule has 6 nitrogen and oxygen atoms in total. The Morgan fingerprint density at radius 1 is 1.24 bits per heavy atom. The summed E-state index contributed by atoms with van der Waals surface area (Å²) in [5.74, 6) is 0.445. The molecule has 0 unspecified atom stereocenters. The van der Waals surface area contributed by atoms with Crippen molar-refractivity contribution in [3.05, 3.63) is 47.8 Å². The van der Waals surface area contributed by atoms with E-state index in [1.54, 1.807) is 18.2 Å². The zero-order valence-corrected chi connectivity index (χ0v) is 14.1. The van der Waals surface area contributed by atoms with Crippen LogP contribution in [-0.4, -0.2) is 41.8 Å². The Balaban J connectivity index is 1.53. The number of anilines is 1. The minimum Gasteiger partial charge on any atom is -0.477 e. The third kappa shape index (κ3) is 4.23. The van der Waals surface area contributed by atoms with Gasteiger partial charge in [0.1, 0.15) is 5.82 Å². The molecule has 0 aliphatic carbocycles. The smallest absolute Gasteiger partial charge is 0.254 e. The molecule has 0 radical (unpaired) electrons. The van der Waals surface area contributed by atoms with E-state index in [9.17, 15) is 9.18 Å². The fourth-order valence-corrected chi connectivity index (χ4v) is 2.87. The number of halogens is 1. The van der Waals surface area contributed by atoms with Crippen molar-refractivity contribution in [2.75, 3.05) is 24.6 Å². The first kappa shape index (κ1) is 17.1. The SMILES string of the molecule is CCOc1ccc(N2CCC(NC(=O)c3ccccc3F)CC2)nn1. The minimum absolute atomic E-state index is 0.0269. The Bertz CT molecular complexity index is 715. The summed E-state index contributed by atoms with van der Waals surface area (Å²) in [6, 6.07) is 9.73. The normalized spacial score (nSPS) is 15.0. The van der Waals surface area contributed by atoms with Gasteiger partial charge in [-0.25, -0.2) is 4.39 Å². The van der Waals surface area contributed by atoms with Gasteiger partial charge in [0.25, 0.3) is 5.91 Å². The van der Waals surface area contributed by atoms with Crippen LogP contribution in [0.3, 0.4) is 0 Å². The Hall–Kier alpha value is -2.70. The molecule has 0 spiro atoms. The maximum absolute atomic E-state index is 13.7. The summed E-state index contributed by atoms with van der Waals surface area (Å²) >= 11 is 0. The molecule has 1 aliphatic rings. The van der Waals surface area contributed by atoms with E-state index in [1.165, 1.54) is 12.1 Å². The van der Waals surface area contributed by atoms with Crippen molar-refractivity contribution in [1.29, 1.82) is 0 Å². The lowest BCUT2D eigenvalue weighted by atomic mass is 10.0. The molecule has 1 N–H and O–H groups in total. The number of hydrogen-bond acceptors (Lipinski definition) is 5. The van der Waals surface area contributed by atoms with Crippen LogP contribution >= 0.6 is 0 Å². The summed E-state index contributed by atoms with van der Waals surface area (Å²) in [6.07, 6.45) is 1.55. The quantitative estimate of drug-likeness (QED) is 0.902. The van der Waals surface area contributed by atoms with E-state index in [0.717, 1.165) is 31.7 Å². The van der Waals surface area contributed by atoms with E-state index >= 15 is 0 Å². The fourth-order valence-electron chi connectivity index (χ4n) is 2.87. The number of carbonyl (C=O) groups is 1. The van der Waals surface area contributed by atoms with Crippen LogP contribution in [0.25, 0.3) is 0 Å². The van der Waals surface area contributed by atoms with E-state index in [1.807, 2.05) is 13.0 Å². The largest absolute Gasteiger partial charge is 0.477 e. The molecular formula is C18H21FN4O2. The first-order chi connectivity index (χ1) is 12.2. The lowest BCUT2D eigenvalue weighted by molar-refractivity contribution is 0.0927. The second kappa shape index (κ2) is 7.92. The van der Waals surface area contributed by atoms with Crippen molar-refractivity contribution in [2.45, 2.75) is 25.8 Å². The fraction of sp³-hybridized carbons (Fsp3) is 0.389. The first-order valence-corrected chi connectivity index (χ1v) is 8.44. The Morgan fingerprint density at radius 2 is 2.00 bits per heavy atom. The number of nitrogens with zero attached hydrogens (tertiary/aromatic N) is 3. The highest BCUT2D eigenvalue weighted by atomic mass is 19.1. The van der Waals surface area contributed by atoms with Gasteiger partial charge < -0.3 is 15.0 Å². The third-order valence-electron chi connectivity index (χ3n) is 4.19. The topological polar surface area (TPSA) is 67.3 Å². The van der Waals surface area contributed by atoms with Crippen LogP contribution in [0.4, 0.5) is 10.2 Å². The molecule has 2 aromatic rings. The number of aromatic nitrogens is 2. The molecule has 3 rings (SSSR count). The van der Waals surface area contributed by atoms with Crippen molar-refractivity contribution in [3.63, 3.8) is 0 Å². The number of ether oxygens (including phenoxy) is 1. The van der Waals surface area contributed by atoms with Crippen molar-refractivity contribution >= 4 is 11.7 Å². The molecule has 25 heavy (non-hydrogen) atoms. The summed E-state index contributed by atoms with van der Waals surface area (Å²) < 4.78 is 19.0. The van der Waals surface area contributed by atoms with Crippen LogP contribution in [0, 0.1) is 5.82 Å². The van der Waals surface area contributed by atoms with Gasteiger partial charge >= 0.3 is 0 Å². The van der Waals surface area contributed by atoms with Gasteiger partial charge in [-0.15, -0.1) is 10.2 Å². The second-order valence-corrected chi connectivity index (χ2v) is 5.88. The predicted octanol–water partition coefficient (Wildman–Crippen LogP) is 2.41. The average Bonchev–Trinajstić information content (AvgIpc) is 2.64. The summed E-state index contributed by atoms with van der Waals surface area (Å²) in [4.78, 5) is 14.3. The zero-order valence-electron chi connectivity index (χ0n) is 14.1. The molecule has 1 fully saturated rings. The number of hydrogen-bond donors (Lipinski definition) is 1. The molecule has 1 amide bonds. The zero-order chi connectivity index (χ0) is 17.6. The molecule has 2 heterocycles. The molecule has 1 aromatic heterocycles. The third-order valence-corrected chi connectivity index (χ3v) is 4.19. The van der Waals surface area contributed by atoms with Crippen LogP contribution in [0.1, 0.15) is 30.1 Å². The molecule has 0 saturated carbocycles. The van der Waals surface area contributed by atoms with Crippen LogP contribution < -0.4 is 15.0 Å². The molecule has 0 bridgehead atoms. The van der Waals surface area contributed by atoms with Gasteiger partial charge in [0.05, 0.1) is 12.2 Å². The van der Waals surface area contributed by atoms with E-state index < -0.39 is 5.82 Å². The summed E-state index contributed by atoms with van der Waals surface area (Å²) in [5, 5.41) is 11.1.